The highest BCUT2D eigenvalue weighted by Crippen LogP contribution is 2.31. The molecule has 1 aliphatic rings. The molecule has 2 rings (SSSR count). The minimum absolute atomic E-state index is 0.0500. The zero-order valence-corrected chi connectivity index (χ0v) is 14.3. The molecule has 1 N–H and O–H groups in total. The maximum atomic E-state index is 12.6. The molecule has 1 saturated heterocycles. The molecule has 0 aliphatic carbocycles. The minimum atomic E-state index is -0.999. The number of methoxy groups -OCH3 is 2. The number of nitrogens with zero attached hydrogens (tertiary/aromatic N) is 1. The Hall–Kier alpha value is -1.92. The van der Waals surface area contributed by atoms with Crippen LogP contribution in [0.4, 0.5) is 0 Å². The van der Waals surface area contributed by atoms with Crippen molar-refractivity contribution < 1.29 is 24.2 Å². The third kappa shape index (κ3) is 4.33. The number of ether oxygens (including phenoxy) is 2. The molecule has 24 heavy (non-hydrogen) atoms. The zero-order chi connectivity index (χ0) is 17.6. The van der Waals surface area contributed by atoms with Gasteiger partial charge in [0.25, 0.3) is 0 Å². The summed E-state index contributed by atoms with van der Waals surface area (Å²) in [6.07, 6.45) is 1.47. The number of likely N-dealkylation sites (tertiary alicyclic amines) is 1. The Morgan fingerprint density at radius 1 is 1.25 bits per heavy atom. The van der Waals surface area contributed by atoms with Crippen LogP contribution in [0, 0.1) is 5.41 Å². The predicted molar refractivity (Wildman–Crippen MR) is 88.6 cm³/mol. The Kier molecular flexibility index (Phi) is 6.34. The van der Waals surface area contributed by atoms with Crippen LogP contribution < -0.4 is 0 Å². The number of rotatable bonds is 7. The monoisotopic (exact) mass is 335 g/mol. The molecule has 1 unspecified atom stereocenters. The van der Waals surface area contributed by atoms with Crippen LogP contribution in [-0.2, 0) is 32.1 Å². The summed E-state index contributed by atoms with van der Waals surface area (Å²) in [6, 6.07) is 7.71. The molecule has 0 aromatic heterocycles. The van der Waals surface area contributed by atoms with E-state index >= 15 is 0 Å². The van der Waals surface area contributed by atoms with E-state index in [9.17, 15) is 14.7 Å². The molecule has 0 spiro atoms. The topological polar surface area (TPSA) is 76.1 Å². The second kappa shape index (κ2) is 8.26. The molecule has 1 heterocycles. The van der Waals surface area contributed by atoms with Gasteiger partial charge in [-0.3, -0.25) is 9.59 Å². The van der Waals surface area contributed by atoms with E-state index in [2.05, 4.69) is 0 Å². The van der Waals surface area contributed by atoms with Crippen molar-refractivity contribution in [3.05, 3.63) is 35.4 Å². The van der Waals surface area contributed by atoms with Crippen LogP contribution in [0.15, 0.2) is 24.3 Å². The first-order chi connectivity index (χ1) is 11.5. The molecular weight excluding hydrogens is 310 g/mol. The summed E-state index contributed by atoms with van der Waals surface area (Å²) < 4.78 is 10.2. The highest BCUT2D eigenvalue weighted by Gasteiger charge is 2.43. The Morgan fingerprint density at radius 2 is 2.00 bits per heavy atom. The number of carboxylic acid groups (broad SMARTS) is 1. The van der Waals surface area contributed by atoms with Crippen LogP contribution in [-0.4, -0.2) is 55.8 Å². The van der Waals surface area contributed by atoms with E-state index in [-0.39, 0.29) is 25.5 Å². The third-order valence-electron chi connectivity index (χ3n) is 4.46. The van der Waals surface area contributed by atoms with Crippen molar-refractivity contribution in [2.45, 2.75) is 25.9 Å². The second-order valence-corrected chi connectivity index (χ2v) is 6.37. The molecule has 0 saturated carbocycles. The molecule has 1 atom stereocenters. The van der Waals surface area contributed by atoms with Crippen LogP contribution in [0.25, 0.3) is 0 Å². The van der Waals surface area contributed by atoms with Gasteiger partial charge in [-0.25, -0.2) is 0 Å². The van der Waals surface area contributed by atoms with Gasteiger partial charge in [-0.15, -0.1) is 0 Å². The number of piperidine rings is 1. The Bertz CT molecular complexity index is 585. The van der Waals surface area contributed by atoms with Gasteiger partial charge in [-0.1, -0.05) is 24.3 Å². The lowest BCUT2D eigenvalue weighted by atomic mass is 9.80. The van der Waals surface area contributed by atoms with E-state index in [1.54, 1.807) is 12.0 Å². The standard InChI is InChI=1S/C18H25NO5/c1-23-11-15-6-3-5-14(9-15)10-16(20)19-8-4-7-18(12-19,13-24-2)17(21)22/h3,5-6,9H,4,7-8,10-13H2,1-2H3,(H,21,22). The van der Waals surface area contributed by atoms with Crippen molar-refractivity contribution in [2.24, 2.45) is 5.41 Å². The molecule has 0 bridgehead atoms. The van der Waals surface area contributed by atoms with Crippen molar-refractivity contribution in [2.75, 3.05) is 33.9 Å². The fourth-order valence-corrected chi connectivity index (χ4v) is 3.26. The molecule has 132 valence electrons. The summed E-state index contributed by atoms with van der Waals surface area (Å²) in [7, 11) is 3.12. The van der Waals surface area contributed by atoms with Gasteiger partial charge in [0.15, 0.2) is 0 Å². The highest BCUT2D eigenvalue weighted by atomic mass is 16.5. The smallest absolute Gasteiger partial charge is 0.313 e. The highest BCUT2D eigenvalue weighted by molar-refractivity contribution is 5.81. The van der Waals surface area contributed by atoms with Gasteiger partial charge in [-0.05, 0) is 24.0 Å². The summed E-state index contributed by atoms with van der Waals surface area (Å²) in [6.45, 7) is 1.42. The number of carbonyl (C=O) groups excluding carboxylic acids is 1. The summed E-state index contributed by atoms with van der Waals surface area (Å²) in [5.74, 6) is -0.949. The largest absolute Gasteiger partial charge is 0.481 e. The first kappa shape index (κ1) is 18.4. The van der Waals surface area contributed by atoms with Crippen molar-refractivity contribution >= 4 is 11.9 Å². The molecule has 6 nitrogen and oxygen atoms in total. The first-order valence-corrected chi connectivity index (χ1v) is 8.07. The molecule has 1 aromatic carbocycles. The zero-order valence-electron chi connectivity index (χ0n) is 14.3. The lowest BCUT2D eigenvalue weighted by molar-refractivity contribution is -0.159. The van der Waals surface area contributed by atoms with E-state index in [0.717, 1.165) is 11.1 Å². The Balaban J connectivity index is 2.06. The maximum absolute atomic E-state index is 12.6. The number of aliphatic carboxylic acids is 1. The van der Waals surface area contributed by atoms with E-state index < -0.39 is 11.4 Å². The summed E-state index contributed by atoms with van der Waals surface area (Å²) in [5.41, 5.74) is 0.925. The Morgan fingerprint density at radius 3 is 2.67 bits per heavy atom. The van der Waals surface area contributed by atoms with Gasteiger partial charge in [0.1, 0.15) is 5.41 Å². The average molecular weight is 335 g/mol. The molecule has 1 aromatic rings. The maximum Gasteiger partial charge on any atom is 0.313 e. The number of benzene rings is 1. The lowest BCUT2D eigenvalue weighted by Gasteiger charge is -2.39. The van der Waals surface area contributed by atoms with Crippen LogP contribution in [0.2, 0.25) is 0 Å². The Labute approximate surface area is 142 Å². The van der Waals surface area contributed by atoms with Crippen LogP contribution in [0.1, 0.15) is 24.0 Å². The van der Waals surface area contributed by atoms with Crippen molar-refractivity contribution in [3.63, 3.8) is 0 Å². The second-order valence-electron chi connectivity index (χ2n) is 6.37. The summed E-state index contributed by atoms with van der Waals surface area (Å²) >= 11 is 0. The molecule has 0 radical (unpaired) electrons. The van der Waals surface area contributed by atoms with Gasteiger partial charge < -0.3 is 19.5 Å². The number of amides is 1. The predicted octanol–water partition coefficient (Wildman–Crippen LogP) is 1.72. The van der Waals surface area contributed by atoms with E-state index in [1.807, 2.05) is 24.3 Å². The van der Waals surface area contributed by atoms with Gasteiger partial charge in [0.05, 0.1) is 19.6 Å². The third-order valence-corrected chi connectivity index (χ3v) is 4.46. The summed E-state index contributed by atoms with van der Waals surface area (Å²) in [4.78, 5) is 25.9. The van der Waals surface area contributed by atoms with Crippen molar-refractivity contribution in [1.82, 2.24) is 4.90 Å². The number of carboxylic acids is 1. The quantitative estimate of drug-likeness (QED) is 0.821. The summed E-state index contributed by atoms with van der Waals surface area (Å²) in [5, 5.41) is 9.57. The average Bonchev–Trinajstić information content (AvgIpc) is 2.56. The molecule has 6 heteroatoms. The van der Waals surface area contributed by atoms with Crippen LogP contribution in [0.5, 0.6) is 0 Å². The van der Waals surface area contributed by atoms with Gasteiger partial charge in [0.2, 0.25) is 5.91 Å². The molecular formula is C18H25NO5. The lowest BCUT2D eigenvalue weighted by Crippen LogP contribution is -2.52. The van der Waals surface area contributed by atoms with E-state index in [0.29, 0.717) is 26.0 Å². The van der Waals surface area contributed by atoms with Crippen molar-refractivity contribution in [1.29, 1.82) is 0 Å². The normalized spacial score (nSPS) is 20.8. The van der Waals surface area contributed by atoms with Crippen LogP contribution >= 0.6 is 0 Å². The number of hydrogen-bond acceptors (Lipinski definition) is 4. The number of carbonyl (C=O) groups is 2. The van der Waals surface area contributed by atoms with Crippen molar-refractivity contribution in [3.8, 4) is 0 Å². The molecule has 1 fully saturated rings. The van der Waals surface area contributed by atoms with Crippen LogP contribution in [0.3, 0.4) is 0 Å². The van der Waals surface area contributed by atoms with E-state index in [4.69, 9.17) is 9.47 Å². The number of hydrogen-bond donors (Lipinski definition) is 1. The fraction of sp³-hybridized carbons (Fsp3) is 0.556. The molecule has 1 aliphatic heterocycles. The SMILES string of the molecule is COCc1cccc(CC(=O)N2CCCC(COC)(C(=O)O)C2)c1. The molecule has 1 amide bonds. The van der Waals surface area contributed by atoms with Gasteiger partial charge >= 0.3 is 5.97 Å². The fourth-order valence-electron chi connectivity index (χ4n) is 3.26. The van der Waals surface area contributed by atoms with Gasteiger partial charge in [-0.2, -0.15) is 0 Å². The van der Waals surface area contributed by atoms with E-state index in [1.165, 1.54) is 7.11 Å². The van der Waals surface area contributed by atoms with Gasteiger partial charge in [0, 0.05) is 27.3 Å². The minimum Gasteiger partial charge on any atom is -0.481 e. The first-order valence-electron chi connectivity index (χ1n) is 8.07.